The molecule has 4 aromatic rings. The van der Waals surface area contributed by atoms with Gasteiger partial charge >= 0.3 is 7.60 Å². The highest BCUT2D eigenvalue weighted by Crippen LogP contribution is 2.34. The molecule has 0 radical (unpaired) electrons. The summed E-state index contributed by atoms with van der Waals surface area (Å²) in [5, 5.41) is 2.09. The molecule has 2 aromatic heterocycles. The van der Waals surface area contributed by atoms with Gasteiger partial charge in [-0.25, -0.2) is 15.0 Å². The Morgan fingerprint density at radius 2 is 1.35 bits per heavy atom. The van der Waals surface area contributed by atoms with Crippen molar-refractivity contribution >= 4 is 35.3 Å². The Bertz CT molecular complexity index is 1570. The predicted octanol–water partition coefficient (Wildman–Crippen LogP) is 8.81. The molecular weight excluding hydrogens is 625 g/mol. The fraction of sp³-hybridized carbons (Fsp3) is 0.595. The number of unbranched alkanes of at least 4 members (excludes halogenated alkanes) is 13. The summed E-state index contributed by atoms with van der Waals surface area (Å²) in [4.78, 5) is 32.7. The van der Waals surface area contributed by atoms with E-state index in [1.165, 1.54) is 83.5 Å². The molecule has 264 valence electrons. The van der Waals surface area contributed by atoms with Crippen molar-refractivity contribution in [3.05, 3.63) is 48.3 Å². The molecule has 2 heterocycles. The number of benzene rings is 2. The van der Waals surface area contributed by atoms with Crippen LogP contribution in [-0.4, -0.2) is 55.5 Å². The van der Waals surface area contributed by atoms with Crippen LogP contribution in [0.3, 0.4) is 0 Å². The summed E-state index contributed by atoms with van der Waals surface area (Å²) in [5.41, 5.74) is 8.39. The van der Waals surface area contributed by atoms with Gasteiger partial charge in [-0.2, -0.15) is 0 Å². The van der Waals surface area contributed by atoms with Crippen LogP contribution < -0.4 is 5.73 Å². The molecule has 0 saturated carbocycles. The number of anilines is 1. The van der Waals surface area contributed by atoms with Gasteiger partial charge < -0.3 is 29.6 Å². The summed E-state index contributed by atoms with van der Waals surface area (Å²) in [6.45, 7) is 4.04. The molecule has 0 saturated heterocycles. The number of imidazole rings is 1. The van der Waals surface area contributed by atoms with E-state index in [1.54, 1.807) is 0 Å². The van der Waals surface area contributed by atoms with Crippen molar-refractivity contribution in [2.45, 2.75) is 116 Å². The van der Waals surface area contributed by atoms with Crippen molar-refractivity contribution in [3.8, 4) is 11.4 Å². The fourth-order valence-electron chi connectivity index (χ4n) is 6.19. The monoisotopic (exact) mass is 681 g/mol. The van der Waals surface area contributed by atoms with E-state index >= 15 is 0 Å². The van der Waals surface area contributed by atoms with Gasteiger partial charge in [-0.1, -0.05) is 133 Å². The normalized spacial score (nSPS) is 12.1. The Morgan fingerprint density at radius 3 is 2.04 bits per heavy atom. The Kier molecular flexibility index (Phi) is 16.3. The van der Waals surface area contributed by atoms with Crippen molar-refractivity contribution in [2.75, 3.05) is 31.9 Å². The molecule has 0 aliphatic heterocycles. The highest BCUT2D eigenvalue weighted by molar-refractivity contribution is 7.51. The van der Waals surface area contributed by atoms with Crippen LogP contribution >= 0.6 is 7.60 Å². The molecular formula is C37H56N5O5P. The average molecular weight is 682 g/mol. The molecule has 48 heavy (non-hydrogen) atoms. The molecule has 2 aromatic carbocycles. The van der Waals surface area contributed by atoms with Crippen LogP contribution in [0.5, 0.6) is 0 Å². The third-order valence-electron chi connectivity index (χ3n) is 8.75. The van der Waals surface area contributed by atoms with Gasteiger partial charge in [-0.3, -0.25) is 4.57 Å². The van der Waals surface area contributed by atoms with Crippen molar-refractivity contribution in [1.29, 1.82) is 0 Å². The van der Waals surface area contributed by atoms with E-state index in [2.05, 4.69) is 11.9 Å². The largest absolute Gasteiger partial charge is 0.382 e. The van der Waals surface area contributed by atoms with Crippen LogP contribution in [0.4, 0.5) is 5.82 Å². The maximum absolute atomic E-state index is 11.3. The van der Waals surface area contributed by atoms with Crippen LogP contribution in [0.25, 0.3) is 33.3 Å². The van der Waals surface area contributed by atoms with Crippen LogP contribution in [0.15, 0.2) is 42.5 Å². The van der Waals surface area contributed by atoms with Crippen LogP contribution in [0, 0.1) is 0 Å². The molecule has 4 rings (SSSR count). The Hall–Kier alpha value is -2.88. The minimum Gasteiger partial charge on any atom is -0.382 e. The Labute approximate surface area is 286 Å². The summed E-state index contributed by atoms with van der Waals surface area (Å²) in [5.74, 6) is 1.56. The summed E-state index contributed by atoms with van der Waals surface area (Å²) in [7, 11) is -4.28. The number of nitrogens with two attached hydrogens (primary N) is 1. The lowest BCUT2D eigenvalue weighted by Crippen LogP contribution is -2.10. The first kappa shape index (κ1) is 37.9. The van der Waals surface area contributed by atoms with Crippen molar-refractivity contribution in [2.24, 2.45) is 0 Å². The minimum atomic E-state index is -4.28. The van der Waals surface area contributed by atoms with E-state index < -0.39 is 13.9 Å². The number of hydrogen-bond acceptors (Lipinski definition) is 7. The number of rotatable bonds is 25. The van der Waals surface area contributed by atoms with E-state index in [0.29, 0.717) is 41.7 Å². The lowest BCUT2D eigenvalue weighted by atomic mass is 10.0. The zero-order valence-electron chi connectivity index (χ0n) is 28.8. The number of nitrogen functional groups attached to an aromatic ring is 1. The van der Waals surface area contributed by atoms with Gasteiger partial charge in [0.15, 0.2) is 17.0 Å². The molecule has 0 spiro atoms. The number of aromatic nitrogens is 4. The van der Waals surface area contributed by atoms with Gasteiger partial charge in [0.05, 0.1) is 6.61 Å². The summed E-state index contributed by atoms with van der Waals surface area (Å²) in [6, 6.07) is 14.1. The lowest BCUT2D eigenvalue weighted by Gasteiger charge is -2.12. The number of nitrogens with zero attached hydrogens (tertiary/aromatic N) is 4. The predicted molar refractivity (Wildman–Crippen MR) is 195 cm³/mol. The molecule has 0 unspecified atom stereocenters. The van der Waals surface area contributed by atoms with Crippen molar-refractivity contribution in [3.63, 3.8) is 0 Å². The molecule has 4 N–H and O–H groups in total. The van der Waals surface area contributed by atoms with E-state index in [0.717, 1.165) is 35.8 Å². The summed E-state index contributed by atoms with van der Waals surface area (Å²) < 4.78 is 24.5. The molecule has 10 nitrogen and oxygen atoms in total. The van der Waals surface area contributed by atoms with Gasteiger partial charge in [0.1, 0.15) is 18.0 Å². The maximum atomic E-state index is 11.3. The third-order valence-corrected chi connectivity index (χ3v) is 9.27. The number of hydrogen-bond donors (Lipinski definition) is 3. The molecule has 0 aliphatic rings. The second kappa shape index (κ2) is 20.6. The highest BCUT2D eigenvalue weighted by Gasteiger charge is 2.20. The second-order valence-electron chi connectivity index (χ2n) is 12.8. The van der Waals surface area contributed by atoms with Crippen molar-refractivity contribution in [1.82, 2.24) is 19.5 Å². The van der Waals surface area contributed by atoms with Gasteiger partial charge in [0, 0.05) is 31.7 Å². The van der Waals surface area contributed by atoms with Crippen LogP contribution in [-0.2, 0) is 27.0 Å². The maximum Gasteiger partial charge on any atom is 0.350 e. The van der Waals surface area contributed by atoms with E-state index in [-0.39, 0.29) is 13.2 Å². The van der Waals surface area contributed by atoms with E-state index in [9.17, 15) is 14.4 Å². The zero-order valence-corrected chi connectivity index (χ0v) is 29.7. The molecule has 0 bridgehead atoms. The van der Waals surface area contributed by atoms with Gasteiger partial charge in [-0.15, -0.1) is 0 Å². The van der Waals surface area contributed by atoms with E-state index in [1.807, 2.05) is 47.0 Å². The number of aryl methyl sites for hydroxylation is 1. The fourth-order valence-corrected chi connectivity index (χ4v) is 6.56. The molecule has 11 heteroatoms. The van der Waals surface area contributed by atoms with Gasteiger partial charge in [0.25, 0.3) is 0 Å². The third kappa shape index (κ3) is 12.5. The second-order valence-corrected chi connectivity index (χ2v) is 14.4. The van der Waals surface area contributed by atoms with Gasteiger partial charge in [-0.05, 0) is 23.6 Å². The first-order valence-corrected chi connectivity index (χ1v) is 19.9. The standard InChI is InChI=1S/C37H56N5O5P/c1-2-3-4-5-6-7-8-9-10-11-12-13-14-17-26-46-27-19-24-33-39-35(38)34-37(40-33)42(25-28-47-29-48(43,44)45)36(41-34)32-23-18-21-30-20-15-16-22-31(30)32/h15-16,18,20-23H,2-14,17,19,24-29H2,1H3,(H2,38,39,40)(H2,43,44,45). The number of fused-ring (bicyclic) bond motifs is 2. The molecule has 0 fully saturated rings. The SMILES string of the molecule is CCCCCCCCCCCCCCCCOCCCc1nc(N)c2nc(-c3cccc4ccccc34)n(CCOCP(=O)(O)O)c2n1. The first-order chi connectivity index (χ1) is 23.4. The van der Waals surface area contributed by atoms with Crippen LogP contribution in [0.1, 0.15) is 109 Å². The highest BCUT2D eigenvalue weighted by atomic mass is 31.2. The Morgan fingerprint density at radius 1 is 0.729 bits per heavy atom. The molecule has 0 atom stereocenters. The van der Waals surface area contributed by atoms with Crippen molar-refractivity contribution < 1.29 is 23.8 Å². The van der Waals surface area contributed by atoms with E-state index in [4.69, 9.17) is 25.2 Å². The average Bonchev–Trinajstić information content (AvgIpc) is 3.44. The number of ether oxygens (including phenoxy) is 2. The summed E-state index contributed by atoms with van der Waals surface area (Å²) in [6.07, 6.45) is 19.5. The molecule has 0 aliphatic carbocycles. The minimum absolute atomic E-state index is 0.0701. The van der Waals surface area contributed by atoms with Gasteiger partial charge in [0.2, 0.25) is 0 Å². The smallest absolute Gasteiger partial charge is 0.350 e. The topological polar surface area (TPSA) is 146 Å². The van der Waals surface area contributed by atoms with Crippen LogP contribution in [0.2, 0.25) is 0 Å². The summed E-state index contributed by atoms with van der Waals surface area (Å²) >= 11 is 0. The first-order valence-electron chi connectivity index (χ1n) is 18.1. The Balaban J connectivity index is 1.23. The lowest BCUT2D eigenvalue weighted by molar-refractivity contribution is 0.127. The zero-order chi connectivity index (χ0) is 34.0. The molecule has 0 amide bonds. The quantitative estimate of drug-likeness (QED) is 0.0461.